The van der Waals surface area contributed by atoms with Gasteiger partial charge in [0.2, 0.25) is 0 Å². The average molecular weight is 289 g/mol. The number of aliphatic hydroxyl groups excluding tert-OH is 1. The molecule has 16 heavy (non-hydrogen) atoms. The minimum absolute atomic E-state index is 0.490. The molecule has 1 atom stereocenters. The van der Waals surface area contributed by atoms with E-state index in [0.29, 0.717) is 25.6 Å². The van der Waals surface area contributed by atoms with E-state index in [0.717, 1.165) is 10.0 Å². The van der Waals surface area contributed by atoms with Crippen LogP contribution < -0.4 is 4.74 Å². The Labute approximate surface area is 105 Å². The van der Waals surface area contributed by atoms with Crippen LogP contribution in [0.25, 0.3) is 0 Å². The molecule has 0 aliphatic heterocycles. The summed E-state index contributed by atoms with van der Waals surface area (Å²) in [6.07, 6.45) is -0.532. The Morgan fingerprint density at radius 1 is 1.38 bits per heavy atom. The zero-order valence-electron chi connectivity index (χ0n) is 9.57. The van der Waals surface area contributed by atoms with Crippen LogP contribution in [-0.4, -0.2) is 24.9 Å². The smallest absolute Gasteiger partial charge is 0.126 e. The van der Waals surface area contributed by atoms with Crippen molar-refractivity contribution in [3.8, 4) is 5.75 Å². The third-order valence-corrected chi connectivity index (χ3v) is 2.61. The molecule has 0 aliphatic carbocycles. The number of benzene rings is 1. The standard InChI is InChI=1S/C12H17BrO3/c1-3-15-6-7-16-12-8-10(13)4-5-11(12)9(2)14/h4-5,8-9,14H,3,6-7H2,1-2H3/t9-/m1/s1. The van der Waals surface area contributed by atoms with E-state index >= 15 is 0 Å². The van der Waals surface area contributed by atoms with Crippen molar-refractivity contribution in [3.63, 3.8) is 0 Å². The van der Waals surface area contributed by atoms with Crippen molar-refractivity contribution in [1.29, 1.82) is 0 Å². The van der Waals surface area contributed by atoms with Crippen LogP contribution in [0.3, 0.4) is 0 Å². The zero-order chi connectivity index (χ0) is 12.0. The van der Waals surface area contributed by atoms with Crippen LogP contribution in [0.15, 0.2) is 22.7 Å². The van der Waals surface area contributed by atoms with Gasteiger partial charge in [0.05, 0.1) is 12.7 Å². The Balaban J connectivity index is 2.65. The summed E-state index contributed by atoms with van der Waals surface area (Å²) in [7, 11) is 0. The molecule has 1 aromatic carbocycles. The van der Waals surface area contributed by atoms with E-state index in [1.807, 2.05) is 25.1 Å². The second-order valence-corrected chi connectivity index (χ2v) is 4.32. The molecule has 0 aromatic heterocycles. The zero-order valence-corrected chi connectivity index (χ0v) is 11.2. The molecule has 1 rings (SSSR count). The van der Waals surface area contributed by atoms with Crippen molar-refractivity contribution in [2.45, 2.75) is 20.0 Å². The van der Waals surface area contributed by atoms with Crippen molar-refractivity contribution < 1.29 is 14.6 Å². The third kappa shape index (κ3) is 4.12. The van der Waals surface area contributed by atoms with Crippen LogP contribution >= 0.6 is 15.9 Å². The van der Waals surface area contributed by atoms with E-state index in [1.54, 1.807) is 6.92 Å². The van der Waals surface area contributed by atoms with Gasteiger partial charge in [0.25, 0.3) is 0 Å². The number of rotatable bonds is 6. The summed E-state index contributed by atoms with van der Waals surface area (Å²) in [5, 5.41) is 9.57. The monoisotopic (exact) mass is 288 g/mol. The van der Waals surface area contributed by atoms with E-state index < -0.39 is 6.10 Å². The van der Waals surface area contributed by atoms with E-state index in [2.05, 4.69) is 15.9 Å². The van der Waals surface area contributed by atoms with Gasteiger partial charge in [-0.05, 0) is 26.0 Å². The normalized spacial score (nSPS) is 12.5. The molecule has 0 radical (unpaired) electrons. The lowest BCUT2D eigenvalue weighted by Gasteiger charge is -2.13. The van der Waals surface area contributed by atoms with E-state index in [9.17, 15) is 5.11 Å². The van der Waals surface area contributed by atoms with Gasteiger partial charge in [-0.15, -0.1) is 0 Å². The minimum atomic E-state index is -0.532. The molecular formula is C12H17BrO3. The number of hydrogen-bond donors (Lipinski definition) is 1. The Bertz CT molecular complexity index is 326. The van der Waals surface area contributed by atoms with Gasteiger partial charge in [0.1, 0.15) is 12.4 Å². The highest BCUT2D eigenvalue weighted by Crippen LogP contribution is 2.28. The van der Waals surface area contributed by atoms with Crippen molar-refractivity contribution in [2.75, 3.05) is 19.8 Å². The van der Waals surface area contributed by atoms with Crippen molar-refractivity contribution >= 4 is 15.9 Å². The highest BCUT2D eigenvalue weighted by atomic mass is 79.9. The SMILES string of the molecule is CCOCCOc1cc(Br)ccc1[C@@H](C)O. The average Bonchev–Trinajstić information content (AvgIpc) is 2.24. The molecular weight excluding hydrogens is 272 g/mol. The van der Waals surface area contributed by atoms with Gasteiger partial charge in [0.15, 0.2) is 0 Å². The quantitative estimate of drug-likeness (QED) is 0.818. The maximum Gasteiger partial charge on any atom is 0.126 e. The molecule has 1 aromatic rings. The number of hydrogen-bond acceptors (Lipinski definition) is 3. The second kappa shape index (κ2) is 6.89. The molecule has 0 amide bonds. The number of ether oxygens (including phenoxy) is 2. The molecule has 4 heteroatoms. The first-order chi connectivity index (χ1) is 7.65. The predicted octanol–water partition coefficient (Wildman–Crippen LogP) is 2.92. The van der Waals surface area contributed by atoms with Crippen LogP contribution in [0.4, 0.5) is 0 Å². The topological polar surface area (TPSA) is 38.7 Å². The second-order valence-electron chi connectivity index (χ2n) is 3.40. The van der Waals surface area contributed by atoms with E-state index in [4.69, 9.17) is 9.47 Å². The molecule has 0 aliphatic rings. The molecule has 1 N–H and O–H groups in total. The van der Waals surface area contributed by atoms with Gasteiger partial charge in [0, 0.05) is 16.6 Å². The number of aliphatic hydroxyl groups is 1. The van der Waals surface area contributed by atoms with Gasteiger partial charge in [-0.2, -0.15) is 0 Å². The Morgan fingerprint density at radius 2 is 2.12 bits per heavy atom. The van der Waals surface area contributed by atoms with Crippen LogP contribution in [0.1, 0.15) is 25.5 Å². The number of halogens is 1. The summed E-state index contributed by atoms with van der Waals surface area (Å²) in [6, 6.07) is 5.59. The largest absolute Gasteiger partial charge is 0.491 e. The third-order valence-electron chi connectivity index (χ3n) is 2.12. The van der Waals surface area contributed by atoms with Gasteiger partial charge in [-0.25, -0.2) is 0 Å². The predicted molar refractivity (Wildman–Crippen MR) is 66.8 cm³/mol. The van der Waals surface area contributed by atoms with Crippen LogP contribution in [0, 0.1) is 0 Å². The molecule has 0 saturated carbocycles. The van der Waals surface area contributed by atoms with Gasteiger partial charge >= 0.3 is 0 Å². The maximum absolute atomic E-state index is 9.57. The maximum atomic E-state index is 9.57. The minimum Gasteiger partial charge on any atom is -0.491 e. The van der Waals surface area contributed by atoms with Crippen LogP contribution in [0.5, 0.6) is 5.75 Å². The fourth-order valence-corrected chi connectivity index (χ4v) is 1.67. The molecule has 3 nitrogen and oxygen atoms in total. The van der Waals surface area contributed by atoms with Crippen LogP contribution in [-0.2, 0) is 4.74 Å². The lowest BCUT2D eigenvalue weighted by molar-refractivity contribution is 0.108. The van der Waals surface area contributed by atoms with Crippen molar-refractivity contribution in [3.05, 3.63) is 28.2 Å². The highest BCUT2D eigenvalue weighted by molar-refractivity contribution is 9.10. The molecule has 0 spiro atoms. The van der Waals surface area contributed by atoms with Gasteiger partial charge < -0.3 is 14.6 Å². The fraction of sp³-hybridized carbons (Fsp3) is 0.500. The molecule has 0 heterocycles. The fourth-order valence-electron chi connectivity index (χ4n) is 1.33. The lowest BCUT2D eigenvalue weighted by Crippen LogP contribution is -2.08. The van der Waals surface area contributed by atoms with Crippen molar-refractivity contribution in [1.82, 2.24) is 0 Å². The van der Waals surface area contributed by atoms with E-state index in [1.165, 1.54) is 0 Å². The van der Waals surface area contributed by atoms with Gasteiger partial charge in [-0.1, -0.05) is 22.0 Å². The van der Waals surface area contributed by atoms with Gasteiger partial charge in [-0.3, -0.25) is 0 Å². The van der Waals surface area contributed by atoms with Crippen molar-refractivity contribution in [2.24, 2.45) is 0 Å². The highest BCUT2D eigenvalue weighted by Gasteiger charge is 2.09. The Hall–Kier alpha value is -0.580. The summed E-state index contributed by atoms with van der Waals surface area (Å²) in [4.78, 5) is 0. The first-order valence-corrected chi connectivity index (χ1v) is 6.12. The summed E-state index contributed by atoms with van der Waals surface area (Å²) in [5.41, 5.74) is 0.791. The molecule has 0 saturated heterocycles. The Morgan fingerprint density at radius 3 is 2.75 bits per heavy atom. The lowest BCUT2D eigenvalue weighted by atomic mass is 10.1. The summed E-state index contributed by atoms with van der Waals surface area (Å²) < 4.78 is 11.7. The summed E-state index contributed by atoms with van der Waals surface area (Å²) >= 11 is 3.38. The first kappa shape index (κ1) is 13.5. The molecule has 0 bridgehead atoms. The summed E-state index contributed by atoms with van der Waals surface area (Å²) in [5.74, 6) is 0.698. The van der Waals surface area contributed by atoms with Crippen LogP contribution in [0.2, 0.25) is 0 Å². The molecule has 0 fully saturated rings. The molecule has 90 valence electrons. The first-order valence-electron chi connectivity index (χ1n) is 5.33. The Kier molecular flexibility index (Phi) is 5.80. The summed E-state index contributed by atoms with van der Waals surface area (Å²) in [6.45, 7) is 5.40. The van der Waals surface area contributed by atoms with E-state index in [-0.39, 0.29) is 0 Å². The molecule has 0 unspecified atom stereocenters.